The van der Waals surface area contributed by atoms with E-state index in [0.29, 0.717) is 16.8 Å². The lowest BCUT2D eigenvalue weighted by molar-refractivity contribution is 0.102. The first-order valence-electron chi connectivity index (χ1n) is 6.07. The first-order chi connectivity index (χ1) is 10.0. The van der Waals surface area contributed by atoms with Crippen LogP contribution in [0.15, 0.2) is 36.4 Å². The summed E-state index contributed by atoms with van der Waals surface area (Å²) in [5, 5.41) is 20.4. The van der Waals surface area contributed by atoms with Crippen molar-refractivity contribution in [3.05, 3.63) is 64.5 Å². The molecule has 2 aromatic carbocycles. The molecule has 4 nitrogen and oxygen atoms in total. The Morgan fingerprint density at radius 1 is 1.10 bits per heavy atom. The number of nitriles is 2. The molecule has 2 rings (SSSR count). The molecule has 1 amide bonds. The van der Waals surface area contributed by atoms with Gasteiger partial charge in [-0.05, 0) is 48.9 Å². The minimum atomic E-state index is -0.408. The van der Waals surface area contributed by atoms with Crippen molar-refractivity contribution in [2.24, 2.45) is 0 Å². The standard InChI is InChI=1S/C16H10FN3O/c1-10-6-13(17)3-5-15(10)16(21)20-14-4-2-11(8-18)12(7-14)9-19/h2-7H,1H3,(H,20,21). The van der Waals surface area contributed by atoms with E-state index < -0.39 is 11.7 Å². The van der Waals surface area contributed by atoms with E-state index in [1.165, 1.54) is 36.4 Å². The summed E-state index contributed by atoms with van der Waals surface area (Å²) < 4.78 is 13.0. The molecule has 102 valence electrons. The highest BCUT2D eigenvalue weighted by atomic mass is 19.1. The Hall–Kier alpha value is -3.18. The highest BCUT2D eigenvalue weighted by Crippen LogP contribution is 2.17. The number of nitrogens with one attached hydrogen (secondary N) is 1. The second-order valence-electron chi connectivity index (χ2n) is 4.40. The molecule has 0 aliphatic heterocycles. The molecule has 0 saturated heterocycles. The summed E-state index contributed by atoms with van der Waals surface area (Å²) >= 11 is 0. The Kier molecular flexibility index (Phi) is 3.97. The van der Waals surface area contributed by atoms with Gasteiger partial charge in [-0.2, -0.15) is 10.5 Å². The Morgan fingerprint density at radius 3 is 2.43 bits per heavy atom. The van der Waals surface area contributed by atoms with Crippen molar-refractivity contribution in [3.8, 4) is 12.1 Å². The largest absolute Gasteiger partial charge is 0.322 e. The highest BCUT2D eigenvalue weighted by Gasteiger charge is 2.11. The van der Waals surface area contributed by atoms with Crippen LogP contribution in [0.25, 0.3) is 0 Å². The monoisotopic (exact) mass is 279 g/mol. The van der Waals surface area contributed by atoms with Crippen molar-refractivity contribution >= 4 is 11.6 Å². The summed E-state index contributed by atoms with van der Waals surface area (Å²) in [6.07, 6.45) is 0. The fourth-order valence-electron chi connectivity index (χ4n) is 1.89. The molecule has 0 aliphatic carbocycles. The van der Waals surface area contributed by atoms with Crippen LogP contribution in [0.4, 0.5) is 10.1 Å². The van der Waals surface area contributed by atoms with Crippen LogP contribution < -0.4 is 5.32 Å². The van der Waals surface area contributed by atoms with Crippen LogP contribution in [0.1, 0.15) is 27.0 Å². The maximum absolute atomic E-state index is 13.0. The summed E-state index contributed by atoms with van der Waals surface area (Å²) in [7, 11) is 0. The summed E-state index contributed by atoms with van der Waals surface area (Å²) in [6, 6.07) is 12.1. The number of aryl methyl sites for hydroxylation is 1. The second-order valence-corrected chi connectivity index (χ2v) is 4.40. The lowest BCUT2D eigenvalue weighted by Crippen LogP contribution is -2.13. The van der Waals surface area contributed by atoms with Crippen LogP contribution in [-0.2, 0) is 0 Å². The number of carbonyl (C=O) groups excluding carboxylic acids is 1. The van der Waals surface area contributed by atoms with Crippen LogP contribution >= 0.6 is 0 Å². The average Bonchev–Trinajstić information content (AvgIpc) is 2.46. The Labute approximate surface area is 121 Å². The van der Waals surface area contributed by atoms with E-state index in [2.05, 4.69) is 5.32 Å². The number of nitrogens with zero attached hydrogens (tertiary/aromatic N) is 2. The van der Waals surface area contributed by atoms with E-state index in [9.17, 15) is 9.18 Å². The van der Waals surface area contributed by atoms with E-state index in [1.54, 1.807) is 6.92 Å². The maximum atomic E-state index is 13.0. The third-order valence-corrected chi connectivity index (χ3v) is 2.95. The summed E-state index contributed by atoms with van der Waals surface area (Å²) in [5.74, 6) is -0.810. The van der Waals surface area contributed by atoms with Gasteiger partial charge in [0.2, 0.25) is 0 Å². The molecule has 21 heavy (non-hydrogen) atoms. The third-order valence-electron chi connectivity index (χ3n) is 2.95. The zero-order chi connectivity index (χ0) is 15.4. The zero-order valence-corrected chi connectivity index (χ0v) is 11.1. The predicted octanol–water partition coefficient (Wildman–Crippen LogP) is 3.13. The van der Waals surface area contributed by atoms with Crippen LogP contribution in [0.2, 0.25) is 0 Å². The summed E-state index contributed by atoms with van der Waals surface area (Å²) in [5.41, 5.74) is 1.69. The molecule has 5 heteroatoms. The van der Waals surface area contributed by atoms with Gasteiger partial charge in [-0.1, -0.05) is 0 Å². The molecule has 0 aromatic heterocycles. The molecule has 1 N–H and O–H groups in total. The Bertz CT molecular complexity index is 800. The van der Waals surface area contributed by atoms with Gasteiger partial charge in [0.1, 0.15) is 18.0 Å². The van der Waals surface area contributed by atoms with Crippen molar-refractivity contribution in [2.75, 3.05) is 5.32 Å². The van der Waals surface area contributed by atoms with Crippen molar-refractivity contribution in [2.45, 2.75) is 6.92 Å². The van der Waals surface area contributed by atoms with Gasteiger partial charge in [0.25, 0.3) is 5.91 Å². The number of anilines is 1. The Morgan fingerprint density at radius 2 is 1.81 bits per heavy atom. The minimum Gasteiger partial charge on any atom is -0.322 e. The van der Waals surface area contributed by atoms with Crippen LogP contribution in [0.5, 0.6) is 0 Å². The number of amides is 1. The molecule has 0 bridgehead atoms. The van der Waals surface area contributed by atoms with Crippen molar-refractivity contribution in [3.63, 3.8) is 0 Å². The molecule has 2 aromatic rings. The Balaban J connectivity index is 2.28. The lowest BCUT2D eigenvalue weighted by atomic mass is 10.1. The SMILES string of the molecule is Cc1cc(F)ccc1C(=O)Nc1ccc(C#N)c(C#N)c1. The fraction of sp³-hybridized carbons (Fsp3) is 0.0625. The minimum absolute atomic E-state index is 0.186. The molecule has 0 heterocycles. The molecule has 0 atom stereocenters. The quantitative estimate of drug-likeness (QED) is 0.917. The zero-order valence-electron chi connectivity index (χ0n) is 11.1. The lowest BCUT2D eigenvalue weighted by Gasteiger charge is -2.08. The van der Waals surface area contributed by atoms with Gasteiger partial charge in [-0.25, -0.2) is 4.39 Å². The van der Waals surface area contributed by atoms with Gasteiger partial charge in [-0.15, -0.1) is 0 Å². The van der Waals surface area contributed by atoms with Gasteiger partial charge in [-0.3, -0.25) is 4.79 Å². The van der Waals surface area contributed by atoms with Crippen LogP contribution in [0, 0.1) is 35.4 Å². The number of hydrogen-bond donors (Lipinski definition) is 1. The third kappa shape index (κ3) is 3.05. The molecule has 0 unspecified atom stereocenters. The number of rotatable bonds is 2. The summed E-state index contributed by atoms with van der Waals surface area (Å²) in [6.45, 7) is 1.64. The number of halogens is 1. The average molecular weight is 279 g/mol. The van der Waals surface area contributed by atoms with Gasteiger partial charge >= 0.3 is 0 Å². The van der Waals surface area contributed by atoms with E-state index in [4.69, 9.17) is 10.5 Å². The smallest absolute Gasteiger partial charge is 0.255 e. The fourth-order valence-corrected chi connectivity index (χ4v) is 1.89. The molecule has 0 radical (unpaired) electrons. The molecular weight excluding hydrogens is 269 g/mol. The van der Waals surface area contributed by atoms with Gasteiger partial charge in [0, 0.05) is 11.3 Å². The van der Waals surface area contributed by atoms with Gasteiger partial charge < -0.3 is 5.32 Å². The van der Waals surface area contributed by atoms with Crippen LogP contribution in [0.3, 0.4) is 0 Å². The first kappa shape index (κ1) is 14.2. The van der Waals surface area contributed by atoms with Gasteiger partial charge in [0.05, 0.1) is 11.1 Å². The molecule has 0 aliphatic rings. The maximum Gasteiger partial charge on any atom is 0.255 e. The van der Waals surface area contributed by atoms with E-state index >= 15 is 0 Å². The van der Waals surface area contributed by atoms with E-state index in [1.807, 2.05) is 12.1 Å². The second kappa shape index (κ2) is 5.85. The van der Waals surface area contributed by atoms with Crippen molar-refractivity contribution in [1.82, 2.24) is 0 Å². The molecule has 0 fully saturated rings. The first-order valence-corrected chi connectivity index (χ1v) is 6.07. The predicted molar refractivity (Wildman–Crippen MR) is 75.0 cm³/mol. The highest BCUT2D eigenvalue weighted by molar-refractivity contribution is 6.05. The normalized spacial score (nSPS) is 9.52. The van der Waals surface area contributed by atoms with Crippen LogP contribution in [-0.4, -0.2) is 5.91 Å². The van der Waals surface area contributed by atoms with E-state index in [0.717, 1.165) is 0 Å². The molecular formula is C16H10FN3O. The van der Waals surface area contributed by atoms with E-state index in [-0.39, 0.29) is 11.1 Å². The summed E-state index contributed by atoms with van der Waals surface area (Å²) in [4.78, 5) is 12.1. The van der Waals surface area contributed by atoms with Gasteiger partial charge in [0.15, 0.2) is 0 Å². The number of hydrogen-bond acceptors (Lipinski definition) is 3. The van der Waals surface area contributed by atoms with Crippen molar-refractivity contribution < 1.29 is 9.18 Å². The van der Waals surface area contributed by atoms with Crippen molar-refractivity contribution in [1.29, 1.82) is 10.5 Å². The number of benzene rings is 2. The topological polar surface area (TPSA) is 76.7 Å². The number of carbonyl (C=O) groups is 1. The molecule has 0 saturated carbocycles. The molecule has 0 spiro atoms.